The Balaban J connectivity index is 1.90. The lowest BCUT2D eigenvalue weighted by Gasteiger charge is -2.13. The van der Waals surface area contributed by atoms with Crippen LogP contribution in [0.15, 0.2) is 30.3 Å². The van der Waals surface area contributed by atoms with Crippen molar-refractivity contribution in [3.8, 4) is 11.5 Å². The number of fused-ring (bicyclic) bond motifs is 1. The van der Waals surface area contributed by atoms with E-state index in [4.69, 9.17) is 21.1 Å². The first kappa shape index (κ1) is 20.9. The lowest BCUT2D eigenvalue weighted by Crippen LogP contribution is -2.01. The molecule has 3 heteroatoms. The van der Waals surface area contributed by atoms with Crippen molar-refractivity contribution < 1.29 is 9.47 Å². The van der Waals surface area contributed by atoms with Crippen LogP contribution in [0.2, 0.25) is 0 Å². The number of aryl methyl sites for hydroxylation is 1. The molecule has 0 aliphatic heterocycles. The zero-order chi connectivity index (χ0) is 18.8. The van der Waals surface area contributed by atoms with Crippen molar-refractivity contribution in [1.29, 1.82) is 0 Å². The molecule has 0 saturated heterocycles. The predicted octanol–water partition coefficient (Wildman–Crippen LogP) is 7.28. The largest absolute Gasteiger partial charge is 0.494 e. The van der Waals surface area contributed by atoms with Gasteiger partial charge in [0, 0.05) is 5.38 Å². The fourth-order valence-corrected chi connectivity index (χ4v) is 3.24. The summed E-state index contributed by atoms with van der Waals surface area (Å²) in [6.07, 6.45) is 7.82. The Hall–Kier alpha value is -1.41. The maximum atomic E-state index is 6.15. The molecule has 0 radical (unpaired) electrons. The first-order valence-electron chi connectivity index (χ1n) is 10.1. The average Bonchev–Trinajstić information content (AvgIpc) is 2.66. The summed E-state index contributed by atoms with van der Waals surface area (Å²) in [6.45, 7) is 8.01. The van der Waals surface area contributed by atoms with Gasteiger partial charge in [-0.1, -0.05) is 38.8 Å². The van der Waals surface area contributed by atoms with Crippen molar-refractivity contribution in [1.82, 2.24) is 0 Å². The Labute approximate surface area is 163 Å². The molecule has 144 valence electrons. The lowest BCUT2D eigenvalue weighted by molar-refractivity contribution is 0.304. The minimum absolute atomic E-state index is 0.303. The normalized spacial score (nSPS) is 12.3. The van der Waals surface area contributed by atoms with Crippen molar-refractivity contribution in [2.75, 3.05) is 13.2 Å². The Morgan fingerprint density at radius 2 is 1.69 bits per heavy atom. The third-order valence-electron chi connectivity index (χ3n) is 4.84. The SMILES string of the molecule is CCCCCOc1ccc2cc(OCCCCC(Cl)CC)ccc2c1C. The van der Waals surface area contributed by atoms with E-state index in [9.17, 15) is 0 Å². The molecule has 0 saturated carbocycles. The standard InChI is InChI=1S/C23H33ClO2/c1-4-6-8-16-26-23-14-11-19-17-21(12-13-22(19)18(23)3)25-15-9-7-10-20(24)5-2/h11-14,17,20H,4-10,15-16H2,1-3H3. The van der Waals surface area contributed by atoms with E-state index in [1.165, 1.54) is 29.2 Å². The molecule has 0 aromatic heterocycles. The number of hydrogen-bond acceptors (Lipinski definition) is 2. The zero-order valence-corrected chi connectivity index (χ0v) is 17.3. The first-order valence-corrected chi connectivity index (χ1v) is 10.5. The molecular weight excluding hydrogens is 344 g/mol. The molecule has 0 fully saturated rings. The molecule has 0 amide bonds. The Kier molecular flexibility index (Phi) is 9.11. The third kappa shape index (κ3) is 6.39. The molecule has 2 nitrogen and oxygen atoms in total. The van der Waals surface area contributed by atoms with Crippen LogP contribution < -0.4 is 9.47 Å². The van der Waals surface area contributed by atoms with Crippen LogP contribution in [-0.4, -0.2) is 18.6 Å². The van der Waals surface area contributed by atoms with Crippen molar-refractivity contribution in [2.24, 2.45) is 0 Å². The highest BCUT2D eigenvalue weighted by atomic mass is 35.5. The average molecular weight is 377 g/mol. The summed E-state index contributed by atoms with van der Waals surface area (Å²) in [5, 5.41) is 2.74. The second-order valence-electron chi connectivity index (χ2n) is 6.98. The van der Waals surface area contributed by atoms with Gasteiger partial charge in [-0.05, 0) is 73.6 Å². The van der Waals surface area contributed by atoms with E-state index in [1.54, 1.807) is 0 Å². The Morgan fingerprint density at radius 3 is 2.46 bits per heavy atom. The van der Waals surface area contributed by atoms with E-state index in [2.05, 4.69) is 51.1 Å². The number of ether oxygens (including phenoxy) is 2. The fraction of sp³-hybridized carbons (Fsp3) is 0.565. The third-order valence-corrected chi connectivity index (χ3v) is 5.37. The van der Waals surface area contributed by atoms with Crippen LogP contribution in [0.1, 0.15) is 64.4 Å². The number of rotatable bonds is 12. The van der Waals surface area contributed by atoms with Gasteiger partial charge in [0.1, 0.15) is 11.5 Å². The van der Waals surface area contributed by atoms with E-state index in [-0.39, 0.29) is 0 Å². The number of unbranched alkanes of at least 4 members (excludes halogenated alkanes) is 3. The smallest absolute Gasteiger partial charge is 0.122 e. The van der Waals surface area contributed by atoms with Crippen LogP contribution in [0.3, 0.4) is 0 Å². The number of halogens is 1. The van der Waals surface area contributed by atoms with Gasteiger partial charge in [0.15, 0.2) is 0 Å². The van der Waals surface area contributed by atoms with Crippen molar-refractivity contribution in [3.05, 3.63) is 35.9 Å². The summed E-state index contributed by atoms with van der Waals surface area (Å²) in [7, 11) is 0. The molecule has 26 heavy (non-hydrogen) atoms. The van der Waals surface area contributed by atoms with E-state index < -0.39 is 0 Å². The van der Waals surface area contributed by atoms with Crippen molar-refractivity contribution in [2.45, 2.75) is 71.1 Å². The number of hydrogen-bond donors (Lipinski definition) is 0. The monoisotopic (exact) mass is 376 g/mol. The highest BCUT2D eigenvalue weighted by Crippen LogP contribution is 2.30. The molecule has 0 aliphatic carbocycles. The maximum absolute atomic E-state index is 6.15. The minimum Gasteiger partial charge on any atom is -0.494 e. The first-order chi connectivity index (χ1) is 12.7. The van der Waals surface area contributed by atoms with Gasteiger partial charge in [-0.3, -0.25) is 0 Å². The van der Waals surface area contributed by atoms with E-state index in [1.807, 2.05) is 0 Å². The van der Waals surface area contributed by atoms with Gasteiger partial charge in [0.2, 0.25) is 0 Å². The van der Waals surface area contributed by atoms with Crippen LogP contribution >= 0.6 is 11.6 Å². The van der Waals surface area contributed by atoms with Crippen LogP contribution in [0, 0.1) is 6.92 Å². The van der Waals surface area contributed by atoms with Crippen LogP contribution in [0.5, 0.6) is 11.5 Å². The molecule has 1 unspecified atom stereocenters. The molecule has 0 N–H and O–H groups in total. The van der Waals surface area contributed by atoms with Gasteiger partial charge in [-0.15, -0.1) is 11.6 Å². The summed E-state index contributed by atoms with van der Waals surface area (Å²) in [5.41, 5.74) is 1.21. The van der Waals surface area contributed by atoms with E-state index in [0.717, 1.165) is 56.8 Å². The van der Waals surface area contributed by atoms with Gasteiger partial charge in [-0.2, -0.15) is 0 Å². The molecule has 1 atom stereocenters. The highest BCUT2D eigenvalue weighted by molar-refractivity contribution is 6.20. The summed E-state index contributed by atoms with van der Waals surface area (Å²) in [6, 6.07) is 10.5. The Bertz CT molecular complexity index is 669. The van der Waals surface area contributed by atoms with E-state index >= 15 is 0 Å². The Morgan fingerprint density at radius 1 is 0.923 bits per heavy atom. The zero-order valence-electron chi connectivity index (χ0n) is 16.5. The molecule has 0 aliphatic rings. The summed E-state index contributed by atoms with van der Waals surface area (Å²) in [5.74, 6) is 1.93. The van der Waals surface area contributed by atoms with Crippen molar-refractivity contribution >= 4 is 22.4 Å². The number of benzene rings is 2. The lowest BCUT2D eigenvalue weighted by atomic mass is 10.0. The van der Waals surface area contributed by atoms with Gasteiger partial charge in [0.25, 0.3) is 0 Å². The maximum Gasteiger partial charge on any atom is 0.122 e. The molecular formula is C23H33ClO2. The molecule has 2 aromatic rings. The molecule has 2 rings (SSSR count). The molecule has 2 aromatic carbocycles. The fourth-order valence-electron chi connectivity index (χ4n) is 3.09. The summed E-state index contributed by atoms with van der Waals surface area (Å²) < 4.78 is 11.9. The van der Waals surface area contributed by atoms with Gasteiger partial charge in [0.05, 0.1) is 13.2 Å². The summed E-state index contributed by atoms with van der Waals surface area (Å²) in [4.78, 5) is 0. The van der Waals surface area contributed by atoms with Crippen molar-refractivity contribution in [3.63, 3.8) is 0 Å². The van der Waals surface area contributed by atoms with Gasteiger partial charge < -0.3 is 9.47 Å². The van der Waals surface area contributed by atoms with E-state index in [0.29, 0.717) is 5.38 Å². The number of alkyl halides is 1. The minimum atomic E-state index is 0.303. The van der Waals surface area contributed by atoms with Crippen LogP contribution in [0.25, 0.3) is 10.8 Å². The predicted molar refractivity (Wildman–Crippen MR) is 113 cm³/mol. The second-order valence-corrected chi connectivity index (χ2v) is 7.59. The van der Waals surface area contributed by atoms with Gasteiger partial charge in [-0.25, -0.2) is 0 Å². The van der Waals surface area contributed by atoms with Crippen LogP contribution in [0.4, 0.5) is 0 Å². The summed E-state index contributed by atoms with van der Waals surface area (Å²) >= 11 is 6.15. The molecule has 0 spiro atoms. The van der Waals surface area contributed by atoms with Gasteiger partial charge >= 0.3 is 0 Å². The molecule has 0 heterocycles. The second kappa shape index (κ2) is 11.3. The highest BCUT2D eigenvalue weighted by Gasteiger charge is 2.06. The van der Waals surface area contributed by atoms with Crippen LogP contribution in [-0.2, 0) is 0 Å². The molecule has 0 bridgehead atoms. The quantitative estimate of drug-likeness (QED) is 0.286. The topological polar surface area (TPSA) is 18.5 Å².